The second-order valence-electron chi connectivity index (χ2n) is 3.10. The molecule has 0 aliphatic rings. The number of aliphatic hydroxyl groups excluding tert-OH is 1. The van der Waals surface area contributed by atoms with Crippen molar-refractivity contribution in [3.8, 4) is 6.07 Å². The lowest BCUT2D eigenvalue weighted by Gasteiger charge is -2.08. The standard InChI is InChI=1S/C10H13N3O/c1-8(14)7-13-10-3-5-12-9(6-10)2-4-11/h3,5-6,8,14H,2,7H2,1H3,(H,12,13). The topological polar surface area (TPSA) is 68.9 Å². The highest BCUT2D eigenvalue weighted by Crippen LogP contribution is 2.07. The maximum absolute atomic E-state index is 9.06. The molecule has 2 N–H and O–H groups in total. The molecule has 74 valence electrons. The summed E-state index contributed by atoms with van der Waals surface area (Å²) < 4.78 is 0. The van der Waals surface area contributed by atoms with Crippen LogP contribution in [0.1, 0.15) is 12.6 Å². The lowest BCUT2D eigenvalue weighted by atomic mass is 10.2. The first kappa shape index (κ1) is 10.5. The van der Waals surface area contributed by atoms with Crippen LogP contribution in [0, 0.1) is 11.3 Å². The molecule has 4 nitrogen and oxygen atoms in total. The third-order valence-electron chi connectivity index (χ3n) is 1.68. The van der Waals surface area contributed by atoms with Crippen LogP contribution < -0.4 is 5.32 Å². The van der Waals surface area contributed by atoms with Gasteiger partial charge in [-0.25, -0.2) is 0 Å². The predicted molar refractivity (Wildman–Crippen MR) is 53.7 cm³/mol. The normalized spacial score (nSPS) is 11.8. The molecule has 0 aromatic carbocycles. The molecule has 1 heterocycles. The second-order valence-corrected chi connectivity index (χ2v) is 3.10. The smallest absolute Gasteiger partial charge is 0.0775 e. The minimum absolute atomic E-state index is 0.310. The van der Waals surface area contributed by atoms with Gasteiger partial charge in [0.1, 0.15) is 0 Å². The van der Waals surface area contributed by atoms with Gasteiger partial charge in [0.05, 0.1) is 24.3 Å². The van der Waals surface area contributed by atoms with Crippen molar-refractivity contribution in [2.75, 3.05) is 11.9 Å². The molecule has 0 fully saturated rings. The number of pyridine rings is 1. The number of aliphatic hydroxyl groups is 1. The molecule has 0 saturated carbocycles. The Morgan fingerprint density at radius 2 is 2.50 bits per heavy atom. The summed E-state index contributed by atoms with van der Waals surface area (Å²) in [5, 5.41) is 20.6. The SMILES string of the molecule is CC(O)CNc1ccnc(CC#N)c1. The minimum atomic E-state index is -0.386. The second kappa shape index (κ2) is 5.20. The maximum atomic E-state index is 9.06. The third kappa shape index (κ3) is 3.42. The average Bonchev–Trinajstić information content (AvgIpc) is 2.16. The molecule has 1 aromatic heterocycles. The summed E-state index contributed by atoms with van der Waals surface area (Å²) in [6.07, 6.45) is 1.57. The molecule has 0 bridgehead atoms. The zero-order chi connectivity index (χ0) is 10.4. The van der Waals surface area contributed by atoms with Gasteiger partial charge < -0.3 is 10.4 Å². The molecular weight excluding hydrogens is 178 g/mol. The minimum Gasteiger partial charge on any atom is -0.392 e. The van der Waals surface area contributed by atoms with Crippen LogP contribution in [0.2, 0.25) is 0 Å². The molecule has 0 radical (unpaired) electrons. The van der Waals surface area contributed by atoms with Crippen molar-refractivity contribution in [1.82, 2.24) is 4.98 Å². The number of nitrogens with zero attached hydrogens (tertiary/aromatic N) is 2. The Bertz CT molecular complexity index is 330. The van der Waals surface area contributed by atoms with Crippen LogP contribution in [0.3, 0.4) is 0 Å². The van der Waals surface area contributed by atoms with Crippen LogP contribution in [0.25, 0.3) is 0 Å². The number of nitriles is 1. The summed E-state index contributed by atoms with van der Waals surface area (Å²) in [5.41, 5.74) is 1.62. The zero-order valence-corrected chi connectivity index (χ0v) is 8.07. The molecular formula is C10H13N3O. The summed E-state index contributed by atoms with van der Waals surface area (Å²) in [6.45, 7) is 2.21. The summed E-state index contributed by atoms with van der Waals surface area (Å²) in [7, 11) is 0. The van der Waals surface area contributed by atoms with Crippen molar-refractivity contribution in [3.63, 3.8) is 0 Å². The quantitative estimate of drug-likeness (QED) is 0.743. The number of hydrogen-bond acceptors (Lipinski definition) is 4. The third-order valence-corrected chi connectivity index (χ3v) is 1.68. The Kier molecular flexibility index (Phi) is 3.89. The summed E-state index contributed by atoms with van der Waals surface area (Å²) in [4.78, 5) is 4.03. The van der Waals surface area contributed by atoms with E-state index in [-0.39, 0.29) is 6.10 Å². The molecule has 4 heteroatoms. The Labute approximate surface area is 83.2 Å². The fourth-order valence-corrected chi connectivity index (χ4v) is 1.03. The van der Waals surface area contributed by atoms with Crippen LogP contribution in [0.15, 0.2) is 18.3 Å². The Morgan fingerprint density at radius 1 is 1.71 bits per heavy atom. The summed E-state index contributed by atoms with van der Waals surface area (Å²) in [5.74, 6) is 0. The largest absolute Gasteiger partial charge is 0.392 e. The van der Waals surface area contributed by atoms with E-state index < -0.39 is 0 Å². The highest BCUT2D eigenvalue weighted by Gasteiger charge is 1.98. The van der Waals surface area contributed by atoms with Gasteiger partial charge in [0.2, 0.25) is 0 Å². The van der Waals surface area contributed by atoms with Crippen molar-refractivity contribution < 1.29 is 5.11 Å². The number of nitrogens with one attached hydrogen (secondary N) is 1. The lowest BCUT2D eigenvalue weighted by molar-refractivity contribution is 0.208. The zero-order valence-electron chi connectivity index (χ0n) is 8.07. The van der Waals surface area contributed by atoms with Gasteiger partial charge in [-0.15, -0.1) is 0 Å². The van der Waals surface area contributed by atoms with E-state index in [1.165, 1.54) is 0 Å². The highest BCUT2D eigenvalue weighted by atomic mass is 16.3. The molecule has 0 spiro atoms. The van der Waals surface area contributed by atoms with Crippen LogP contribution in [0.5, 0.6) is 0 Å². The first-order valence-electron chi connectivity index (χ1n) is 4.46. The van der Waals surface area contributed by atoms with Gasteiger partial charge in [-0.1, -0.05) is 0 Å². The van der Waals surface area contributed by atoms with Crippen LogP contribution >= 0.6 is 0 Å². The van der Waals surface area contributed by atoms with Gasteiger partial charge in [0, 0.05) is 18.4 Å². The van der Waals surface area contributed by atoms with Crippen molar-refractivity contribution >= 4 is 5.69 Å². The molecule has 0 aliphatic heterocycles. The monoisotopic (exact) mass is 191 g/mol. The van der Waals surface area contributed by atoms with E-state index in [4.69, 9.17) is 10.4 Å². The first-order chi connectivity index (χ1) is 6.72. The molecule has 0 saturated heterocycles. The summed E-state index contributed by atoms with van der Waals surface area (Å²) in [6, 6.07) is 5.66. The van der Waals surface area contributed by atoms with Gasteiger partial charge in [-0.3, -0.25) is 4.98 Å². The van der Waals surface area contributed by atoms with Crippen LogP contribution in [0.4, 0.5) is 5.69 Å². The fourth-order valence-electron chi connectivity index (χ4n) is 1.03. The lowest BCUT2D eigenvalue weighted by Crippen LogP contribution is -2.15. The molecule has 14 heavy (non-hydrogen) atoms. The van der Waals surface area contributed by atoms with E-state index in [1.54, 1.807) is 13.1 Å². The number of aromatic nitrogens is 1. The van der Waals surface area contributed by atoms with Crippen molar-refractivity contribution in [2.24, 2.45) is 0 Å². The Morgan fingerprint density at radius 3 is 3.14 bits per heavy atom. The van der Waals surface area contributed by atoms with Crippen LogP contribution in [-0.2, 0) is 6.42 Å². The molecule has 1 rings (SSSR count). The maximum Gasteiger partial charge on any atom is 0.0775 e. The summed E-state index contributed by atoms with van der Waals surface area (Å²) >= 11 is 0. The Balaban J connectivity index is 2.60. The van der Waals surface area contributed by atoms with E-state index in [9.17, 15) is 0 Å². The molecule has 1 atom stereocenters. The number of anilines is 1. The molecule has 0 amide bonds. The molecule has 1 aromatic rings. The van der Waals surface area contributed by atoms with Gasteiger partial charge in [0.15, 0.2) is 0 Å². The predicted octanol–water partition coefficient (Wildman–Crippen LogP) is 0.940. The number of hydrogen-bond donors (Lipinski definition) is 2. The number of rotatable bonds is 4. The van der Waals surface area contributed by atoms with Crippen LogP contribution in [-0.4, -0.2) is 22.7 Å². The van der Waals surface area contributed by atoms with Gasteiger partial charge in [0.25, 0.3) is 0 Å². The Hall–Kier alpha value is -1.60. The van der Waals surface area contributed by atoms with Gasteiger partial charge >= 0.3 is 0 Å². The van der Waals surface area contributed by atoms with E-state index in [2.05, 4.69) is 10.3 Å². The van der Waals surface area contributed by atoms with E-state index in [1.807, 2.05) is 18.2 Å². The van der Waals surface area contributed by atoms with Gasteiger partial charge in [-0.2, -0.15) is 5.26 Å². The molecule has 1 unspecified atom stereocenters. The van der Waals surface area contributed by atoms with E-state index in [0.29, 0.717) is 13.0 Å². The average molecular weight is 191 g/mol. The van der Waals surface area contributed by atoms with Crippen molar-refractivity contribution in [3.05, 3.63) is 24.0 Å². The first-order valence-corrected chi connectivity index (χ1v) is 4.46. The van der Waals surface area contributed by atoms with E-state index >= 15 is 0 Å². The fraction of sp³-hybridized carbons (Fsp3) is 0.400. The van der Waals surface area contributed by atoms with Gasteiger partial charge in [-0.05, 0) is 19.1 Å². The highest BCUT2D eigenvalue weighted by molar-refractivity contribution is 5.43. The van der Waals surface area contributed by atoms with E-state index in [0.717, 1.165) is 11.4 Å². The van der Waals surface area contributed by atoms with Crippen molar-refractivity contribution in [1.29, 1.82) is 5.26 Å². The molecule has 0 aliphatic carbocycles. The van der Waals surface area contributed by atoms with Crippen molar-refractivity contribution in [2.45, 2.75) is 19.4 Å².